The van der Waals surface area contributed by atoms with Crippen LogP contribution in [0.3, 0.4) is 0 Å². The van der Waals surface area contributed by atoms with Gasteiger partial charge in [-0.2, -0.15) is 0 Å². The molecule has 3 aromatic rings. The maximum absolute atomic E-state index is 13.3. The number of carbonyl (C=O) groups excluding carboxylic acids is 1. The van der Waals surface area contributed by atoms with Crippen molar-refractivity contribution in [1.82, 2.24) is 9.89 Å². The lowest BCUT2D eigenvalue weighted by atomic mass is 10.1. The first-order chi connectivity index (χ1) is 13.5. The number of aromatic nitrogens is 2. The van der Waals surface area contributed by atoms with E-state index in [4.69, 9.17) is 0 Å². The molecule has 2 aromatic carbocycles. The zero-order valence-corrected chi connectivity index (χ0v) is 15.0. The summed E-state index contributed by atoms with van der Waals surface area (Å²) in [6.07, 6.45) is 1.79. The van der Waals surface area contributed by atoms with Gasteiger partial charge in [-0.25, -0.2) is 14.2 Å². The number of hydrogen-bond acceptors (Lipinski definition) is 4. The first-order valence-corrected chi connectivity index (χ1v) is 9.03. The Hall–Kier alpha value is -3.29. The molecule has 0 unspecified atom stereocenters. The van der Waals surface area contributed by atoms with E-state index in [0.717, 1.165) is 54.3 Å². The monoisotopic (exact) mass is 384 g/mol. The minimum atomic E-state index is -0.764. The molecule has 1 N–H and O–H groups in total. The Morgan fingerprint density at radius 1 is 1.04 bits per heavy atom. The molecular formula is C20H18F2N4O2. The van der Waals surface area contributed by atoms with Crippen LogP contribution in [-0.2, 0) is 11.2 Å². The molecule has 0 aliphatic carbocycles. The molecule has 0 atom stereocenters. The summed E-state index contributed by atoms with van der Waals surface area (Å²) in [4.78, 5) is 28.1. The maximum atomic E-state index is 13.3. The molecule has 1 saturated heterocycles. The van der Waals surface area contributed by atoms with E-state index in [1.807, 2.05) is 12.1 Å². The maximum Gasteiger partial charge on any atom is 0.294 e. The number of rotatable bonds is 4. The fraction of sp³-hybridized carbons (Fsp3) is 0.250. The standard InChI is InChI=1S/C20H18F2N4O2/c21-14-9-13(10-15(22)12-14)11-18(27)23-26-20(28)17-6-2-1-5-16(17)19(24-26)25-7-3-4-8-25/h1-2,5-6,9-10,12H,3-4,7-8,11H2,(H,23,27). The molecule has 28 heavy (non-hydrogen) atoms. The molecule has 8 heteroatoms. The van der Waals surface area contributed by atoms with Crippen LogP contribution in [0.5, 0.6) is 0 Å². The van der Waals surface area contributed by atoms with Crippen LogP contribution in [0.25, 0.3) is 10.8 Å². The predicted octanol–water partition coefficient (Wildman–Crippen LogP) is 2.59. The fourth-order valence-electron chi connectivity index (χ4n) is 3.47. The van der Waals surface area contributed by atoms with Crippen molar-refractivity contribution in [2.45, 2.75) is 19.3 Å². The topological polar surface area (TPSA) is 67.2 Å². The van der Waals surface area contributed by atoms with Crippen molar-refractivity contribution in [3.63, 3.8) is 0 Å². The number of fused-ring (bicyclic) bond motifs is 1. The van der Waals surface area contributed by atoms with Crippen LogP contribution >= 0.6 is 0 Å². The Balaban J connectivity index is 1.67. The largest absolute Gasteiger partial charge is 0.355 e. The summed E-state index contributed by atoms with van der Waals surface area (Å²) in [5.41, 5.74) is 2.15. The van der Waals surface area contributed by atoms with Crippen molar-refractivity contribution in [1.29, 1.82) is 0 Å². The Morgan fingerprint density at radius 2 is 1.68 bits per heavy atom. The highest BCUT2D eigenvalue weighted by Gasteiger charge is 2.20. The van der Waals surface area contributed by atoms with Gasteiger partial charge in [0.05, 0.1) is 11.8 Å². The summed E-state index contributed by atoms with van der Waals surface area (Å²) >= 11 is 0. The van der Waals surface area contributed by atoms with Gasteiger partial charge in [0.1, 0.15) is 11.6 Å². The van der Waals surface area contributed by atoms with Gasteiger partial charge in [-0.1, -0.05) is 18.2 Å². The summed E-state index contributed by atoms with van der Waals surface area (Å²) in [6.45, 7) is 1.65. The van der Waals surface area contributed by atoms with Crippen molar-refractivity contribution >= 4 is 22.5 Å². The molecule has 144 valence electrons. The SMILES string of the molecule is O=C(Cc1cc(F)cc(F)c1)Nn1nc(N2CCCC2)c2ccccc2c1=O. The summed E-state index contributed by atoms with van der Waals surface area (Å²) in [5.74, 6) is -1.49. The van der Waals surface area contributed by atoms with Crippen molar-refractivity contribution < 1.29 is 13.6 Å². The third kappa shape index (κ3) is 3.58. The Bertz CT molecular complexity index is 1090. The van der Waals surface area contributed by atoms with E-state index in [-0.39, 0.29) is 12.0 Å². The van der Waals surface area contributed by atoms with Crippen molar-refractivity contribution in [3.05, 3.63) is 70.0 Å². The van der Waals surface area contributed by atoms with Gasteiger partial charge in [0.25, 0.3) is 5.56 Å². The quantitative estimate of drug-likeness (QED) is 0.751. The first kappa shape index (κ1) is 18.1. The number of nitrogens with one attached hydrogen (secondary N) is 1. The molecule has 0 radical (unpaired) electrons. The van der Waals surface area contributed by atoms with Gasteiger partial charge < -0.3 is 4.90 Å². The van der Waals surface area contributed by atoms with E-state index < -0.39 is 23.1 Å². The van der Waals surface area contributed by atoms with Crippen LogP contribution in [0.1, 0.15) is 18.4 Å². The molecular weight excluding hydrogens is 366 g/mol. The smallest absolute Gasteiger partial charge is 0.294 e. The second-order valence-electron chi connectivity index (χ2n) is 6.77. The second kappa shape index (κ2) is 7.38. The van der Waals surface area contributed by atoms with Crippen LogP contribution in [0, 0.1) is 11.6 Å². The molecule has 0 spiro atoms. The molecule has 1 aromatic heterocycles. The first-order valence-electron chi connectivity index (χ1n) is 9.03. The fourth-order valence-corrected chi connectivity index (χ4v) is 3.47. The zero-order valence-electron chi connectivity index (χ0n) is 15.0. The van der Waals surface area contributed by atoms with E-state index in [1.54, 1.807) is 12.1 Å². The van der Waals surface area contributed by atoms with Crippen LogP contribution in [0.4, 0.5) is 14.6 Å². The molecule has 1 amide bonds. The van der Waals surface area contributed by atoms with E-state index in [9.17, 15) is 18.4 Å². The summed E-state index contributed by atoms with van der Waals surface area (Å²) in [7, 11) is 0. The van der Waals surface area contributed by atoms with Crippen molar-refractivity contribution in [2.24, 2.45) is 0 Å². The number of hydrogen-bond donors (Lipinski definition) is 1. The minimum Gasteiger partial charge on any atom is -0.355 e. The molecule has 2 heterocycles. The Morgan fingerprint density at radius 3 is 2.36 bits per heavy atom. The zero-order chi connectivity index (χ0) is 19.7. The normalized spacial score (nSPS) is 13.9. The van der Waals surface area contributed by atoms with Gasteiger partial charge in [-0.15, -0.1) is 9.89 Å². The van der Waals surface area contributed by atoms with E-state index in [1.165, 1.54) is 0 Å². The predicted molar refractivity (Wildman–Crippen MR) is 102 cm³/mol. The molecule has 1 aliphatic heterocycles. The van der Waals surface area contributed by atoms with Crippen LogP contribution in [0.2, 0.25) is 0 Å². The molecule has 1 aliphatic rings. The lowest BCUT2D eigenvalue weighted by Gasteiger charge is -2.20. The molecule has 1 fully saturated rings. The molecule has 0 bridgehead atoms. The lowest BCUT2D eigenvalue weighted by molar-refractivity contribution is -0.116. The van der Waals surface area contributed by atoms with Crippen LogP contribution < -0.4 is 15.9 Å². The summed E-state index contributed by atoms with van der Waals surface area (Å²) in [6, 6.07) is 10.00. The highest BCUT2D eigenvalue weighted by atomic mass is 19.1. The van der Waals surface area contributed by atoms with E-state index in [0.29, 0.717) is 11.2 Å². The van der Waals surface area contributed by atoms with Gasteiger partial charge in [0, 0.05) is 24.5 Å². The van der Waals surface area contributed by atoms with E-state index >= 15 is 0 Å². The highest BCUT2D eigenvalue weighted by molar-refractivity contribution is 5.92. The number of halogens is 2. The third-order valence-corrected chi connectivity index (χ3v) is 4.71. The van der Waals surface area contributed by atoms with Crippen LogP contribution in [-0.4, -0.2) is 28.9 Å². The number of amides is 1. The average Bonchev–Trinajstić information content (AvgIpc) is 3.17. The lowest BCUT2D eigenvalue weighted by Crippen LogP contribution is -2.37. The highest BCUT2D eigenvalue weighted by Crippen LogP contribution is 2.24. The number of anilines is 1. The van der Waals surface area contributed by atoms with Gasteiger partial charge in [0.15, 0.2) is 5.82 Å². The molecule has 6 nitrogen and oxygen atoms in total. The second-order valence-corrected chi connectivity index (χ2v) is 6.77. The minimum absolute atomic E-state index is 0.170. The van der Waals surface area contributed by atoms with Crippen molar-refractivity contribution in [2.75, 3.05) is 23.4 Å². The number of carbonyl (C=O) groups is 1. The number of nitrogens with zero attached hydrogens (tertiary/aromatic N) is 3. The van der Waals surface area contributed by atoms with Crippen LogP contribution in [0.15, 0.2) is 47.3 Å². The number of benzene rings is 2. The summed E-state index contributed by atoms with van der Waals surface area (Å²) in [5, 5.41) is 5.52. The van der Waals surface area contributed by atoms with Gasteiger partial charge in [0.2, 0.25) is 5.91 Å². The summed E-state index contributed by atoms with van der Waals surface area (Å²) < 4.78 is 26.6. The molecule has 4 rings (SSSR count). The average molecular weight is 384 g/mol. The Labute approximate surface area is 159 Å². The van der Waals surface area contributed by atoms with Gasteiger partial charge in [-0.05, 0) is 36.6 Å². The molecule has 0 saturated carbocycles. The van der Waals surface area contributed by atoms with Crippen molar-refractivity contribution in [3.8, 4) is 0 Å². The van der Waals surface area contributed by atoms with E-state index in [2.05, 4.69) is 15.4 Å². The van der Waals surface area contributed by atoms with Gasteiger partial charge >= 0.3 is 0 Å². The third-order valence-electron chi connectivity index (χ3n) is 4.71. The Kier molecular flexibility index (Phi) is 4.77. The van der Waals surface area contributed by atoms with Gasteiger partial charge in [-0.3, -0.25) is 9.59 Å².